The zero-order valence-electron chi connectivity index (χ0n) is 26.5. The first-order chi connectivity index (χ1) is 24.5. The number of para-hydroxylation sites is 2. The van der Waals surface area contributed by atoms with Crippen LogP contribution in [0.2, 0.25) is 0 Å². The largest absolute Gasteiger partial charge is 0.490 e. The number of hydrogen-bond acceptors (Lipinski definition) is 9. The maximum absolute atomic E-state index is 13.2. The number of carbonyl (C=O) groups is 2. The number of carboxylic acid groups (broad SMARTS) is 1. The number of ether oxygens (including phenoxy) is 1. The van der Waals surface area contributed by atoms with Crippen molar-refractivity contribution < 1.29 is 19.4 Å². The molecule has 0 atom stereocenters. The van der Waals surface area contributed by atoms with Crippen molar-refractivity contribution >= 4 is 45.4 Å². The second-order valence-corrected chi connectivity index (χ2v) is 12.9. The van der Waals surface area contributed by atoms with Gasteiger partial charge in [0.15, 0.2) is 5.13 Å². The lowest BCUT2D eigenvalue weighted by Gasteiger charge is -2.28. The first-order valence-electron chi connectivity index (χ1n) is 15.7. The Morgan fingerprint density at radius 2 is 1.34 bits per heavy atom. The number of rotatable bonds is 8. The highest BCUT2D eigenvalue weighted by Gasteiger charge is 2.26. The first kappa shape index (κ1) is 32.4. The summed E-state index contributed by atoms with van der Waals surface area (Å²) in [6.45, 7) is 1.73. The Morgan fingerprint density at radius 1 is 0.740 bits per heavy atom. The molecule has 1 aliphatic rings. The van der Waals surface area contributed by atoms with Gasteiger partial charge in [0.2, 0.25) is 5.13 Å². The van der Waals surface area contributed by atoms with Crippen molar-refractivity contribution in [1.29, 1.82) is 0 Å². The van der Waals surface area contributed by atoms with Gasteiger partial charge < -0.3 is 20.1 Å². The summed E-state index contributed by atoms with van der Waals surface area (Å²) in [7, 11) is 0. The summed E-state index contributed by atoms with van der Waals surface area (Å²) in [5.74, 6) is -0.261. The number of nitrogens with zero attached hydrogens (tertiary/aromatic N) is 5. The summed E-state index contributed by atoms with van der Waals surface area (Å²) < 4.78 is 7.35. The second-order valence-electron chi connectivity index (χ2n) is 11.0. The Balaban J connectivity index is 0.000000176. The molecule has 10 nitrogen and oxygen atoms in total. The lowest BCUT2D eigenvalue weighted by molar-refractivity contribution is 0.0702. The van der Waals surface area contributed by atoms with E-state index in [0.29, 0.717) is 41.1 Å². The third-order valence-corrected chi connectivity index (χ3v) is 9.79. The van der Waals surface area contributed by atoms with Crippen LogP contribution in [0.5, 0.6) is 5.75 Å². The van der Waals surface area contributed by atoms with E-state index in [-0.39, 0.29) is 10.8 Å². The molecule has 0 saturated heterocycles. The highest BCUT2D eigenvalue weighted by Crippen LogP contribution is 2.41. The van der Waals surface area contributed by atoms with Gasteiger partial charge in [0, 0.05) is 30.1 Å². The van der Waals surface area contributed by atoms with Crippen LogP contribution in [0.3, 0.4) is 0 Å². The van der Waals surface area contributed by atoms with E-state index in [1.54, 1.807) is 23.1 Å². The predicted molar refractivity (Wildman–Crippen MR) is 196 cm³/mol. The maximum atomic E-state index is 13.2. The van der Waals surface area contributed by atoms with Crippen molar-refractivity contribution in [3.8, 4) is 33.4 Å². The van der Waals surface area contributed by atoms with Crippen LogP contribution in [0.4, 0.5) is 10.8 Å². The topological polar surface area (TPSA) is 122 Å². The molecule has 0 bridgehead atoms. The fourth-order valence-corrected chi connectivity index (χ4v) is 7.23. The van der Waals surface area contributed by atoms with Crippen molar-refractivity contribution in [2.24, 2.45) is 0 Å². The van der Waals surface area contributed by atoms with Crippen LogP contribution in [0.15, 0.2) is 134 Å². The maximum Gasteiger partial charge on any atom is 0.348 e. The molecule has 4 aromatic carbocycles. The normalized spacial score (nSPS) is 11.9. The summed E-state index contributed by atoms with van der Waals surface area (Å²) in [4.78, 5) is 36.7. The number of amides is 1. The van der Waals surface area contributed by atoms with E-state index in [4.69, 9.17) is 9.72 Å². The summed E-state index contributed by atoms with van der Waals surface area (Å²) in [5.41, 5.74) is 4.92. The van der Waals surface area contributed by atoms with Gasteiger partial charge >= 0.3 is 5.97 Å². The first-order valence-corrected chi connectivity index (χ1v) is 17.4. The second kappa shape index (κ2) is 15.0. The molecule has 7 aromatic rings. The fraction of sp³-hybridized carbons (Fsp3) is 0.0789. The predicted octanol–water partition coefficient (Wildman–Crippen LogP) is 7.96. The van der Waals surface area contributed by atoms with Gasteiger partial charge in [0.05, 0.1) is 23.6 Å². The van der Waals surface area contributed by atoms with Crippen molar-refractivity contribution in [3.63, 3.8) is 0 Å². The highest BCUT2D eigenvalue weighted by molar-refractivity contribution is 7.18. The summed E-state index contributed by atoms with van der Waals surface area (Å²) in [5, 5.41) is 17.7. The molecule has 0 spiro atoms. The minimum absolute atomic E-state index is 0.118. The Labute approximate surface area is 295 Å². The van der Waals surface area contributed by atoms with E-state index in [1.165, 1.54) is 11.3 Å². The van der Waals surface area contributed by atoms with Crippen molar-refractivity contribution in [2.45, 2.75) is 6.54 Å². The van der Waals surface area contributed by atoms with Gasteiger partial charge in [0.1, 0.15) is 22.1 Å². The zero-order valence-corrected chi connectivity index (χ0v) is 28.2. The standard InChI is InChI=1S/C25H21N3O2S.C13H9N3O2S/c29-24(26-17-18-9-3-1-4-10-18)23-22(19-11-5-2-6-12-19)27-25(31-23)28-15-16-30-21-14-8-7-13-20(21)28;17-12(18)11-10(9-5-2-1-3-6-9)15-13(19-11)16-8-4-7-14-16/h1-14H,15-17H2,(H,26,29);1-8H,(H,17,18). The van der Waals surface area contributed by atoms with Crippen LogP contribution in [0.1, 0.15) is 24.9 Å². The monoisotopic (exact) mass is 698 g/mol. The van der Waals surface area contributed by atoms with Gasteiger partial charge in [-0.05, 0) is 23.8 Å². The SMILES string of the molecule is O=C(NCc1ccccc1)c1sc(N2CCOc3ccccc32)nc1-c1ccccc1.O=C(O)c1sc(-n2cccn2)nc1-c1ccccc1. The van der Waals surface area contributed by atoms with E-state index in [0.717, 1.165) is 44.6 Å². The molecule has 248 valence electrons. The number of thiazole rings is 2. The van der Waals surface area contributed by atoms with Crippen LogP contribution in [0.25, 0.3) is 27.6 Å². The van der Waals surface area contributed by atoms with Crippen LogP contribution in [-0.4, -0.2) is 49.9 Å². The van der Waals surface area contributed by atoms with Crippen LogP contribution >= 0.6 is 22.7 Å². The third kappa shape index (κ3) is 7.16. The van der Waals surface area contributed by atoms with E-state index in [2.05, 4.69) is 20.3 Å². The van der Waals surface area contributed by atoms with E-state index >= 15 is 0 Å². The zero-order chi connectivity index (χ0) is 34.3. The number of carbonyl (C=O) groups excluding carboxylic acids is 1. The average molecular weight is 699 g/mol. The molecule has 2 N–H and O–H groups in total. The number of nitrogens with one attached hydrogen (secondary N) is 1. The Kier molecular flexibility index (Phi) is 9.72. The van der Waals surface area contributed by atoms with E-state index in [9.17, 15) is 14.7 Å². The van der Waals surface area contributed by atoms with Gasteiger partial charge in [-0.25, -0.2) is 19.4 Å². The Morgan fingerprint density at radius 3 is 2.00 bits per heavy atom. The lowest BCUT2D eigenvalue weighted by Crippen LogP contribution is -2.28. The summed E-state index contributed by atoms with van der Waals surface area (Å²) >= 11 is 2.52. The molecule has 8 rings (SSSR count). The number of hydrogen-bond donors (Lipinski definition) is 2. The van der Waals surface area contributed by atoms with Gasteiger partial charge in [-0.2, -0.15) is 5.10 Å². The minimum atomic E-state index is -0.977. The molecule has 1 aliphatic heterocycles. The highest BCUT2D eigenvalue weighted by atomic mass is 32.1. The molecule has 0 radical (unpaired) electrons. The quantitative estimate of drug-likeness (QED) is 0.164. The van der Waals surface area contributed by atoms with Crippen molar-refractivity contribution in [2.75, 3.05) is 18.1 Å². The molecule has 50 heavy (non-hydrogen) atoms. The van der Waals surface area contributed by atoms with Crippen LogP contribution in [-0.2, 0) is 6.54 Å². The van der Waals surface area contributed by atoms with Crippen LogP contribution in [0, 0.1) is 0 Å². The fourth-order valence-electron chi connectivity index (χ4n) is 5.32. The number of aromatic carboxylic acids is 1. The average Bonchev–Trinajstić information content (AvgIpc) is 3.96. The van der Waals surface area contributed by atoms with Crippen molar-refractivity contribution in [1.82, 2.24) is 25.1 Å². The number of aromatic nitrogens is 4. The minimum Gasteiger partial charge on any atom is -0.490 e. The lowest BCUT2D eigenvalue weighted by atomic mass is 10.1. The molecule has 0 aliphatic carbocycles. The molecular formula is C38H30N6O4S2. The number of benzene rings is 4. The number of carboxylic acids is 1. The summed E-state index contributed by atoms with van der Waals surface area (Å²) in [6, 6.07) is 38.7. The molecule has 1 amide bonds. The van der Waals surface area contributed by atoms with E-state index in [1.807, 2.05) is 115 Å². The summed E-state index contributed by atoms with van der Waals surface area (Å²) in [6.07, 6.45) is 3.36. The molecule has 4 heterocycles. The Bertz CT molecular complexity index is 2200. The van der Waals surface area contributed by atoms with Crippen molar-refractivity contribution in [3.05, 3.63) is 149 Å². The molecular weight excluding hydrogens is 669 g/mol. The molecule has 0 fully saturated rings. The molecule has 12 heteroatoms. The van der Waals surface area contributed by atoms with E-state index < -0.39 is 5.97 Å². The third-order valence-electron chi connectivity index (χ3n) is 7.68. The number of fused-ring (bicyclic) bond motifs is 1. The molecule has 0 unspecified atom stereocenters. The van der Waals surface area contributed by atoms with Crippen LogP contribution < -0.4 is 15.0 Å². The van der Waals surface area contributed by atoms with Gasteiger partial charge in [0.25, 0.3) is 5.91 Å². The molecule has 0 saturated carbocycles. The van der Waals surface area contributed by atoms with Gasteiger partial charge in [-0.1, -0.05) is 126 Å². The Hall–Kier alpha value is -6.11. The molecule has 3 aromatic heterocycles. The smallest absolute Gasteiger partial charge is 0.348 e. The number of anilines is 2. The van der Waals surface area contributed by atoms with Gasteiger partial charge in [-0.15, -0.1) is 0 Å². The van der Waals surface area contributed by atoms with Gasteiger partial charge in [-0.3, -0.25) is 4.79 Å².